The van der Waals surface area contributed by atoms with Gasteiger partial charge in [-0.25, -0.2) is 0 Å². The molecule has 0 saturated carbocycles. The minimum Gasteiger partial charge on any atom is -0.339 e. The van der Waals surface area contributed by atoms with Crippen LogP contribution in [0, 0.1) is 0 Å². The van der Waals surface area contributed by atoms with Crippen LogP contribution in [0.5, 0.6) is 0 Å². The van der Waals surface area contributed by atoms with Crippen molar-refractivity contribution in [2.45, 2.75) is 43.5 Å². The fourth-order valence-corrected chi connectivity index (χ4v) is 5.73. The van der Waals surface area contributed by atoms with Crippen molar-refractivity contribution in [1.29, 1.82) is 0 Å². The quantitative estimate of drug-likeness (QED) is 0.836. The van der Waals surface area contributed by atoms with Crippen molar-refractivity contribution >= 4 is 46.8 Å². The van der Waals surface area contributed by atoms with Crippen LogP contribution in [0.25, 0.3) is 0 Å². The maximum atomic E-state index is 12.9. The summed E-state index contributed by atoms with van der Waals surface area (Å²) in [5.41, 5.74) is 0.852. The molecule has 0 aliphatic carbocycles. The lowest BCUT2D eigenvalue weighted by Crippen LogP contribution is -2.48. The van der Waals surface area contributed by atoms with Crippen LogP contribution in [-0.2, 0) is 9.59 Å². The SMILES string of the molecule is CC12CCC(=O)N1C(C(=O)Nc1ccc(Cl)cc1C(=O)N1CCCC1)CS2. The Morgan fingerprint density at radius 1 is 1.30 bits per heavy atom. The summed E-state index contributed by atoms with van der Waals surface area (Å²) < 4.78 is 0. The van der Waals surface area contributed by atoms with Gasteiger partial charge >= 0.3 is 0 Å². The maximum Gasteiger partial charge on any atom is 0.256 e. The van der Waals surface area contributed by atoms with Crippen molar-refractivity contribution in [3.63, 3.8) is 0 Å². The predicted octanol–water partition coefficient (Wildman–Crippen LogP) is 2.97. The molecule has 0 radical (unpaired) electrons. The highest BCUT2D eigenvalue weighted by Gasteiger charge is 2.52. The first-order valence-corrected chi connectivity index (χ1v) is 10.6. The van der Waals surface area contributed by atoms with Crippen LogP contribution in [0.15, 0.2) is 18.2 Å². The number of hydrogen-bond acceptors (Lipinski definition) is 4. The molecule has 2 atom stereocenters. The summed E-state index contributed by atoms with van der Waals surface area (Å²) in [6.07, 6.45) is 3.22. The monoisotopic (exact) mass is 407 g/mol. The minimum absolute atomic E-state index is 0.0205. The molecule has 3 heterocycles. The molecule has 0 bridgehead atoms. The van der Waals surface area contributed by atoms with Gasteiger partial charge in [0.15, 0.2) is 0 Å². The summed E-state index contributed by atoms with van der Waals surface area (Å²) in [4.78, 5) is 41.3. The lowest BCUT2D eigenvalue weighted by atomic mass is 10.1. The molecule has 3 aliphatic heterocycles. The molecule has 1 aromatic carbocycles. The van der Waals surface area contributed by atoms with Gasteiger partial charge in [0, 0.05) is 30.3 Å². The number of carbonyl (C=O) groups is 3. The summed E-state index contributed by atoms with van der Waals surface area (Å²) in [6.45, 7) is 3.46. The predicted molar refractivity (Wildman–Crippen MR) is 106 cm³/mol. The summed E-state index contributed by atoms with van der Waals surface area (Å²) in [5, 5.41) is 3.34. The number of nitrogens with zero attached hydrogens (tertiary/aromatic N) is 2. The molecule has 4 rings (SSSR count). The number of halogens is 1. The molecule has 6 nitrogen and oxygen atoms in total. The van der Waals surface area contributed by atoms with Gasteiger partial charge in [-0.1, -0.05) is 11.6 Å². The summed E-state index contributed by atoms with van der Waals surface area (Å²) in [7, 11) is 0. The Morgan fingerprint density at radius 2 is 2.04 bits per heavy atom. The highest BCUT2D eigenvalue weighted by molar-refractivity contribution is 8.01. The molecule has 27 heavy (non-hydrogen) atoms. The van der Waals surface area contributed by atoms with Crippen LogP contribution in [0.4, 0.5) is 5.69 Å². The average Bonchev–Trinajstić information content (AvgIpc) is 3.34. The van der Waals surface area contributed by atoms with Gasteiger partial charge in [-0.3, -0.25) is 14.4 Å². The van der Waals surface area contributed by atoms with Gasteiger partial charge in [0.1, 0.15) is 6.04 Å². The van der Waals surface area contributed by atoms with E-state index in [2.05, 4.69) is 5.32 Å². The second-order valence-corrected chi connectivity index (χ2v) is 9.38. The third kappa shape index (κ3) is 3.31. The highest BCUT2D eigenvalue weighted by atomic mass is 35.5. The Balaban J connectivity index is 1.56. The number of nitrogens with one attached hydrogen (secondary N) is 1. The van der Waals surface area contributed by atoms with Crippen molar-refractivity contribution in [2.24, 2.45) is 0 Å². The molecule has 3 fully saturated rings. The number of benzene rings is 1. The number of thioether (sulfide) groups is 1. The summed E-state index contributed by atoms with van der Waals surface area (Å²) >= 11 is 7.75. The number of hydrogen-bond donors (Lipinski definition) is 1. The normalized spacial score (nSPS) is 27.2. The number of carbonyl (C=O) groups excluding carboxylic acids is 3. The molecular weight excluding hydrogens is 386 g/mol. The maximum absolute atomic E-state index is 12.9. The van der Waals surface area contributed by atoms with E-state index in [1.54, 1.807) is 39.8 Å². The smallest absolute Gasteiger partial charge is 0.256 e. The van der Waals surface area contributed by atoms with E-state index in [1.807, 2.05) is 6.92 Å². The van der Waals surface area contributed by atoms with Crippen molar-refractivity contribution in [3.8, 4) is 0 Å². The molecular formula is C19H22ClN3O3S. The minimum atomic E-state index is -0.514. The Bertz CT molecular complexity index is 811. The van der Waals surface area contributed by atoms with E-state index in [-0.39, 0.29) is 22.6 Å². The van der Waals surface area contributed by atoms with Gasteiger partial charge in [-0.15, -0.1) is 11.8 Å². The van der Waals surface area contributed by atoms with E-state index in [0.29, 0.717) is 28.4 Å². The Morgan fingerprint density at radius 3 is 2.78 bits per heavy atom. The number of rotatable bonds is 3. The van der Waals surface area contributed by atoms with Gasteiger partial charge in [-0.2, -0.15) is 0 Å². The Kier molecular flexibility index (Phi) is 4.84. The average molecular weight is 408 g/mol. The second-order valence-electron chi connectivity index (χ2n) is 7.44. The highest BCUT2D eigenvalue weighted by Crippen LogP contribution is 2.47. The molecule has 144 valence electrons. The molecule has 2 unspecified atom stereocenters. The largest absolute Gasteiger partial charge is 0.339 e. The van der Waals surface area contributed by atoms with Crippen LogP contribution < -0.4 is 5.32 Å². The van der Waals surface area contributed by atoms with Crippen molar-refractivity contribution in [2.75, 3.05) is 24.2 Å². The zero-order chi connectivity index (χ0) is 19.2. The Hall–Kier alpha value is -1.73. The molecule has 3 aliphatic rings. The van der Waals surface area contributed by atoms with Gasteiger partial charge in [-0.05, 0) is 44.4 Å². The van der Waals surface area contributed by atoms with Gasteiger partial charge in [0.2, 0.25) is 11.8 Å². The lowest BCUT2D eigenvalue weighted by Gasteiger charge is -2.30. The van der Waals surface area contributed by atoms with E-state index < -0.39 is 6.04 Å². The van der Waals surface area contributed by atoms with Gasteiger partial charge in [0.05, 0.1) is 16.1 Å². The zero-order valence-corrected chi connectivity index (χ0v) is 16.7. The van der Waals surface area contributed by atoms with Crippen LogP contribution >= 0.6 is 23.4 Å². The second kappa shape index (κ2) is 7.02. The molecule has 8 heteroatoms. The van der Waals surface area contributed by atoms with Crippen LogP contribution in [0.1, 0.15) is 43.0 Å². The Labute approximate surface area is 167 Å². The van der Waals surface area contributed by atoms with Crippen molar-refractivity contribution < 1.29 is 14.4 Å². The fourth-order valence-electron chi connectivity index (χ4n) is 4.12. The van der Waals surface area contributed by atoms with E-state index in [1.165, 1.54) is 0 Å². The number of anilines is 1. The van der Waals surface area contributed by atoms with Crippen molar-refractivity contribution in [3.05, 3.63) is 28.8 Å². The number of likely N-dealkylation sites (tertiary alicyclic amines) is 1. The van der Waals surface area contributed by atoms with E-state index in [4.69, 9.17) is 11.6 Å². The standard InChI is InChI=1S/C19H22ClN3O3S/c1-19-7-6-16(24)23(19)15(11-27-19)17(25)21-14-5-4-12(20)10-13(14)18(26)22-8-2-3-9-22/h4-5,10,15H,2-3,6-9,11H2,1H3,(H,21,25). The first-order chi connectivity index (χ1) is 12.9. The molecule has 1 N–H and O–H groups in total. The number of amides is 3. The molecule has 3 saturated heterocycles. The van der Waals surface area contributed by atoms with Crippen LogP contribution in [0.2, 0.25) is 5.02 Å². The number of fused-ring (bicyclic) bond motifs is 1. The molecule has 0 spiro atoms. The first-order valence-electron chi connectivity index (χ1n) is 9.25. The topological polar surface area (TPSA) is 69.7 Å². The first kappa shape index (κ1) is 18.6. The third-order valence-electron chi connectivity index (χ3n) is 5.61. The van der Waals surface area contributed by atoms with E-state index >= 15 is 0 Å². The summed E-state index contributed by atoms with van der Waals surface area (Å²) in [6, 6.07) is 4.41. The zero-order valence-electron chi connectivity index (χ0n) is 15.2. The summed E-state index contributed by atoms with van der Waals surface area (Å²) in [5.74, 6) is 0.219. The van der Waals surface area contributed by atoms with Crippen LogP contribution in [-0.4, -0.2) is 57.3 Å². The van der Waals surface area contributed by atoms with Crippen LogP contribution in [0.3, 0.4) is 0 Å². The molecule has 3 amide bonds. The van der Waals surface area contributed by atoms with E-state index in [0.717, 1.165) is 32.4 Å². The van der Waals surface area contributed by atoms with E-state index in [9.17, 15) is 14.4 Å². The molecule has 1 aromatic rings. The fraction of sp³-hybridized carbons (Fsp3) is 0.526. The lowest BCUT2D eigenvalue weighted by molar-refractivity contribution is -0.135. The third-order valence-corrected chi connectivity index (χ3v) is 7.35. The van der Waals surface area contributed by atoms with Crippen molar-refractivity contribution in [1.82, 2.24) is 9.80 Å². The molecule has 0 aromatic heterocycles. The van der Waals surface area contributed by atoms with Gasteiger partial charge in [0.25, 0.3) is 5.91 Å². The van der Waals surface area contributed by atoms with Gasteiger partial charge < -0.3 is 15.1 Å².